The molecule has 0 bridgehead atoms. The second kappa shape index (κ2) is 8.81. The quantitative estimate of drug-likeness (QED) is 0.744. The summed E-state index contributed by atoms with van der Waals surface area (Å²) in [5.74, 6) is -1.51. The molecule has 1 heterocycles. The highest BCUT2D eigenvalue weighted by atomic mass is 16.5. The zero-order chi connectivity index (χ0) is 19.2. The third-order valence-electron chi connectivity index (χ3n) is 4.97. The summed E-state index contributed by atoms with van der Waals surface area (Å²) >= 11 is 0. The molecule has 1 aromatic carbocycles. The van der Waals surface area contributed by atoms with Crippen LogP contribution in [0.4, 0.5) is 0 Å². The summed E-state index contributed by atoms with van der Waals surface area (Å²) in [5, 5.41) is 16.5. The van der Waals surface area contributed by atoms with Crippen molar-refractivity contribution in [1.82, 2.24) is 15.1 Å². The highest BCUT2D eigenvalue weighted by Crippen LogP contribution is 2.34. The number of benzene rings is 1. The molecule has 7 heteroatoms. The van der Waals surface area contributed by atoms with Gasteiger partial charge in [0.2, 0.25) is 0 Å². The number of carbonyl (C=O) groups is 2. The molecular weight excluding hydrogens is 346 g/mol. The van der Waals surface area contributed by atoms with E-state index < -0.39 is 17.9 Å². The Balaban J connectivity index is 1.92. The van der Waals surface area contributed by atoms with Crippen LogP contribution in [0.5, 0.6) is 0 Å². The van der Waals surface area contributed by atoms with E-state index in [1.165, 1.54) is 7.11 Å². The van der Waals surface area contributed by atoms with E-state index in [0.29, 0.717) is 5.56 Å². The summed E-state index contributed by atoms with van der Waals surface area (Å²) in [6.45, 7) is 0.254. The maximum Gasteiger partial charge on any atom is 0.326 e. The standard InChI is InChI=1S/C20H25N3O4/c1-27-12-11-17(20(25)26)22-19(24)16-13-21-23(15-9-5-6-10-15)18(16)14-7-3-2-4-8-14/h2-4,7-8,13,15,17H,5-6,9-12H2,1H3,(H,22,24)(H,25,26). The topological polar surface area (TPSA) is 93.5 Å². The second-order valence-corrected chi connectivity index (χ2v) is 6.80. The second-order valence-electron chi connectivity index (χ2n) is 6.80. The molecule has 0 spiro atoms. The molecule has 1 aromatic heterocycles. The Hall–Kier alpha value is -2.67. The molecule has 144 valence electrons. The minimum absolute atomic E-state index is 0.203. The van der Waals surface area contributed by atoms with Crippen molar-refractivity contribution in [2.75, 3.05) is 13.7 Å². The summed E-state index contributed by atoms with van der Waals surface area (Å²) in [4.78, 5) is 24.3. The van der Waals surface area contributed by atoms with Crippen LogP contribution in [0, 0.1) is 0 Å². The lowest BCUT2D eigenvalue weighted by Gasteiger charge is -2.17. The molecule has 1 fully saturated rings. The SMILES string of the molecule is COCCC(NC(=O)c1cnn(C2CCCC2)c1-c1ccccc1)C(=O)O. The third-order valence-corrected chi connectivity index (χ3v) is 4.97. The number of methoxy groups -OCH3 is 1. The van der Waals surface area contributed by atoms with Gasteiger partial charge in [-0.3, -0.25) is 9.48 Å². The minimum Gasteiger partial charge on any atom is -0.480 e. The highest BCUT2D eigenvalue weighted by molar-refractivity contribution is 6.01. The molecule has 1 unspecified atom stereocenters. The van der Waals surface area contributed by atoms with Gasteiger partial charge in [-0.2, -0.15) is 5.10 Å². The van der Waals surface area contributed by atoms with E-state index in [9.17, 15) is 14.7 Å². The van der Waals surface area contributed by atoms with E-state index in [1.807, 2.05) is 35.0 Å². The van der Waals surface area contributed by atoms with Crippen LogP contribution in [-0.4, -0.2) is 46.5 Å². The Kier molecular flexibility index (Phi) is 6.24. The Labute approximate surface area is 158 Å². The molecule has 3 rings (SSSR count). The van der Waals surface area contributed by atoms with Gasteiger partial charge >= 0.3 is 5.97 Å². The van der Waals surface area contributed by atoms with E-state index in [2.05, 4.69) is 10.4 Å². The fraction of sp³-hybridized carbons (Fsp3) is 0.450. The lowest BCUT2D eigenvalue weighted by atomic mass is 10.1. The van der Waals surface area contributed by atoms with Crippen molar-refractivity contribution in [2.24, 2.45) is 0 Å². The predicted octanol–water partition coefficient (Wildman–Crippen LogP) is 2.88. The van der Waals surface area contributed by atoms with E-state index >= 15 is 0 Å². The minimum atomic E-state index is -1.08. The van der Waals surface area contributed by atoms with Gasteiger partial charge in [0, 0.05) is 25.7 Å². The van der Waals surface area contributed by atoms with Crippen molar-refractivity contribution >= 4 is 11.9 Å². The van der Waals surface area contributed by atoms with Crippen molar-refractivity contribution in [3.05, 3.63) is 42.1 Å². The van der Waals surface area contributed by atoms with Gasteiger partial charge in [-0.15, -0.1) is 0 Å². The molecule has 0 aliphatic heterocycles. The Morgan fingerprint density at radius 3 is 2.63 bits per heavy atom. The first-order chi connectivity index (χ1) is 13.1. The number of carboxylic acids is 1. The van der Waals surface area contributed by atoms with Gasteiger partial charge in [-0.1, -0.05) is 43.2 Å². The summed E-state index contributed by atoms with van der Waals surface area (Å²) in [7, 11) is 1.50. The average molecular weight is 371 g/mol. The number of amides is 1. The van der Waals surface area contributed by atoms with E-state index in [4.69, 9.17) is 4.74 Å². The molecule has 2 aromatic rings. The first kappa shape index (κ1) is 19.1. The van der Waals surface area contributed by atoms with Crippen molar-refractivity contribution in [3.8, 4) is 11.3 Å². The molecule has 7 nitrogen and oxygen atoms in total. The van der Waals surface area contributed by atoms with Crippen LogP contribution < -0.4 is 5.32 Å². The number of ether oxygens (including phenoxy) is 1. The summed E-state index contributed by atoms with van der Waals surface area (Å²) < 4.78 is 6.88. The van der Waals surface area contributed by atoms with E-state index in [-0.39, 0.29) is 19.1 Å². The van der Waals surface area contributed by atoms with E-state index in [1.54, 1.807) is 6.20 Å². The van der Waals surface area contributed by atoms with Gasteiger partial charge < -0.3 is 15.2 Å². The molecule has 1 aliphatic carbocycles. The molecule has 27 heavy (non-hydrogen) atoms. The number of aliphatic carboxylic acids is 1. The third kappa shape index (κ3) is 4.36. The van der Waals surface area contributed by atoms with Crippen LogP contribution in [0.3, 0.4) is 0 Å². The van der Waals surface area contributed by atoms with Crippen molar-refractivity contribution in [2.45, 2.75) is 44.2 Å². The number of hydrogen-bond acceptors (Lipinski definition) is 4. The largest absolute Gasteiger partial charge is 0.480 e. The molecule has 1 atom stereocenters. The maximum atomic E-state index is 12.9. The number of hydrogen-bond donors (Lipinski definition) is 2. The van der Waals surface area contributed by atoms with Gasteiger partial charge in [0.05, 0.1) is 23.5 Å². The zero-order valence-corrected chi connectivity index (χ0v) is 15.4. The lowest BCUT2D eigenvalue weighted by molar-refractivity contribution is -0.139. The average Bonchev–Trinajstić information content (AvgIpc) is 3.34. The highest BCUT2D eigenvalue weighted by Gasteiger charge is 2.28. The fourth-order valence-corrected chi connectivity index (χ4v) is 3.57. The Morgan fingerprint density at radius 1 is 1.30 bits per heavy atom. The molecule has 1 amide bonds. The summed E-state index contributed by atoms with van der Waals surface area (Å²) in [5.41, 5.74) is 2.04. The zero-order valence-electron chi connectivity index (χ0n) is 15.4. The number of aromatic nitrogens is 2. The van der Waals surface area contributed by atoms with E-state index in [0.717, 1.165) is 36.9 Å². The Bertz CT molecular complexity index is 782. The molecule has 0 radical (unpaired) electrons. The van der Waals surface area contributed by atoms with Crippen LogP contribution in [-0.2, 0) is 9.53 Å². The van der Waals surface area contributed by atoms with Crippen LogP contribution in [0.1, 0.15) is 48.5 Å². The van der Waals surface area contributed by atoms with Gasteiger partial charge in [0.25, 0.3) is 5.91 Å². The summed E-state index contributed by atoms with van der Waals surface area (Å²) in [6.07, 6.45) is 6.12. The molecule has 1 saturated carbocycles. The number of carbonyl (C=O) groups excluding carboxylic acids is 1. The van der Waals surface area contributed by atoms with Crippen molar-refractivity contribution < 1.29 is 19.4 Å². The number of carboxylic acid groups (broad SMARTS) is 1. The predicted molar refractivity (Wildman–Crippen MR) is 101 cm³/mol. The molecule has 1 aliphatic rings. The van der Waals surface area contributed by atoms with Crippen molar-refractivity contribution in [3.63, 3.8) is 0 Å². The first-order valence-corrected chi connectivity index (χ1v) is 9.27. The molecule has 0 saturated heterocycles. The molecular formula is C20H25N3O4. The number of nitrogens with zero attached hydrogens (tertiary/aromatic N) is 2. The fourth-order valence-electron chi connectivity index (χ4n) is 3.57. The van der Waals surface area contributed by atoms with Crippen LogP contribution in [0.25, 0.3) is 11.3 Å². The van der Waals surface area contributed by atoms with Gasteiger partial charge in [-0.25, -0.2) is 4.79 Å². The van der Waals surface area contributed by atoms with Gasteiger partial charge in [-0.05, 0) is 12.8 Å². The van der Waals surface area contributed by atoms with Gasteiger partial charge in [0.15, 0.2) is 0 Å². The smallest absolute Gasteiger partial charge is 0.326 e. The number of nitrogens with one attached hydrogen (secondary N) is 1. The number of rotatable bonds is 8. The lowest BCUT2D eigenvalue weighted by Crippen LogP contribution is -2.41. The van der Waals surface area contributed by atoms with Crippen LogP contribution in [0.15, 0.2) is 36.5 Å². The Morgan fingerprint density at radius 2 is 2.00 bits per heavy atom. The van der Waals surface area contributed by atoms with Crippen LogP contribution >= 0.6 is 0 Å². The normalized spacial score (nSPS) is 15.6. The first-order valence-electron chi connectivity index (χ1n) is 9.27. The monoisotopic (exact) mass is 371 g/mol. The van der Waals surface area contributed by atoms with Crippen molar-refractivity contribution in [1.29, 1.82) is 0 Å². The maximum absolute atomic E-state index is 12.9. The van der Waals surface area contributed by atoms with Gasteiger partial charge in [0.1, 0.15) is 6.04 Å². The van der Waals surface area contributed by atoms with Crippen LogP contribution in [0.2, 0.25) is 0 Å². The summed E-state index contributed by atoms with van der Waals surface area (Å²) in [6, 6.07) is 8.91. The molecule has 2 N–H and O–H groups in total.